The average molecular weight is 277 g/mol. The molecule has 106 valence electrons. The fourth-order valence-electron chi connectivity index (χ4n) is 2.09. The van der Waals surface area contributed by atoms with Gasteiger partial charge in [0.1, 0.15) is 0 Å². The second kappa shape index (κ2) is 6.01. The molecule has 0 fully saturated rings. The lowest BCUT2D eigenvalue weighted by atomic mass is 10.0. The van der Waals surface area contributed by atoms with Gasteiger partial charge in [0.2, 0.25) is 0 Å². The van der Waals surface area contributed by atoms with Gasteiger partial charge in [-0.05, 0) is 37.6 Å². The van der Waals surface area contributed by atoms with Crippen LogP contribution in [0.5, 0.6) is 0 Å². The minimum atomic E-state index is -0.861. The lowest BCUT2D eigenvalue weighted by Gasteiger charge is -2.19. The van der Waals surface area contributed by atoms with Crippen LogP contribution in [0.15, 0.2) is 42.5 Å². The molecule has 2 atom stereocenters. The molecule has 2 rings (SSSR count). The molecule has 0 saturated heterocycles. The summed E-state index contributed by atoms with van der Waals surface area (Å²) in [6.07, 6.45) is -0.601. The van der Waals surface area contributed by atoms with Crippen LogP contribution in [0.3, 0.4) is 0 Å². The zero-order valence-corrected chi connectivity index (χ0v) is 11.4. The fraction of sp³-hybridized carbons (Fsp3) is 0.250. The summed E-state index contributed by atoms with van der Waals surface area (Å²) < 4.78 is 26.2. The first-order valence-corrected chi connectivity index (χ1v) is 6.47. The van der Waals surface area contributed by atoms with Crippen molar-refractivity contribution in [1.29, 1.82) is 0 Å². The van der Waals surface area contributed by atoms with Gasteiger partial charge in [-0.25, -0.2) is 8.78 Å². The molecular weight excluding hydrogens is 260 g/mol. The SMILES string of the molecule is CC(O)c1ccccc1NC(C)c1ccc(F)c(F)c1. The van der Waals surface area contributed by atoms with Crippen LogP contribution in [-0.2, 0) is 0 Å². The van der Waals surface area contributed by atoms with Gasteiger partial charge in [-0.1, -0.05) is 24.3 Å². The molecule has 0 saturated carbocycles. The van der Waals surface area contributed by atoms with Crippen molar-refractivity contribution in [1.82, 2.24) is 0 Å². The van der Waals surface area contributed by atoms with Crippen molar-refractivity contribution in [2.45, 2.75) is 26.0 Å². The Morgan fingerprint density at radius 2 is 1.70 bits per heavy atom. The number of halogens is 2. The number of aliphatic hydroxyl groups excluding tert-OH is 1. The van der Waals surface area contributed by atoms with E-state index in [1.807, 2.05) is 31.2 Å². The highest BCUT2D eigenvalue weighted by molar-refractivity contribution is 5.53. The summed E-state index contributed by atoms with van der Waals surface area (Å²) >= 11 is 0. The Kier molecular flexibility index (Phi) is 4.35. The van der Waals surface area contributed by atoms with Gasteiger partial charge in [0.05, 0.1) is 6.10 Å². The summed E-state index contributed by atoms with van der Waals surface area (Å²) in [5, 5.41) is 12.9. The number of anilines is 1. The smallest absolute Gasteiger partial charge is 0.159 e. The van der Waals surface area contributed by atoms with Crippen LogP contribution in [0.4, 0.5) is 14.5 Å². The molecule has 0 bridgehead atoms. The first kappa shape index (κ1) is 14.5. The van der Waals surface area contributed by atoms with Gasteiger partial charge in [-0.2, -0.15) is 0 Å². The number of hydrogen-bond acceptors (Lipinski definition) is 2. The van der Waals surface area contributed by atoms with Gasteiger partial charge in [-0.3, -0.25) is 0 Å². The molecule has 0 aromatic heterocycles. The quantitative estimate of drug-likeness (QED) is 0.878. The number of para-hydroxylation sites is 1. The second-order valence-corrected chi connectivity index (χ2v) is 4.80. The molecule has 0 amide bonds. The molecule has 20 heavy (non-hydrogen) atoms. The summed E-state index contributed by atoms with van der Waals surface area (Å²) in [5.74, 6) is -1.72. The van der Waals surface area contributed by atoms with E-state index in [1.165, 1.54) is 6.07 Å². The minimum absolute atomic E-state index is 0.204. The molecule has 2 N–H and O–H groups in total. The predicted octanol–water partition coefficient (Wildman–Crippen LogP) is 4.19. The minimum Gasteiger partial charge on any atom is -0.389 e. The highest BCUT2D eigenvalue weighted by Crippen LogP contribution is 2.27. The van der Waals surface area contributed by atoms with Gasteiger partial charge < -0.3 is 10.4 Å². The summed E-state index contributed by atoms with van der Waals surface area (Å²) in [5.41, 5.74) is 2.19. The van der Waals surface area contributed by atoms with Crippen molar-refractivity contribution in [2.24, 2.45) is 0 Å². The third kappa shape index (κ3) is 3.14. The highest BCUT2D eigenvalue weighted by atomic mass is 19.2. The van der Waals surface area contributed by atoms with Crippen molar-refractivity contribution in [3.8, 4) is 0 Å². The maximum atomic E-state index is 13.2. The van der Waals surface area contributed by atoms with E-state index in [9.17, 15) is 13.9 Å². The number of hydrogen-bond donors (Lipinski definition) is 2. The first-order chi connectivity index (χ1) is 9.49. The van der Waals surface area contributed by atoms with E-state index in [-0.39, 0.29) is 6.04 Å². The van der Waals surface area contributed by atoms with Crippen LogP contribution in [0, 0.1) is 11.6 Å². The van der Waals surface area contributed by atoms with E-state index in [2.05, 4.69) is 5.32 Å². The number of rotatable bonds is 4. The van der Waals surface area contributed by atoms with Crippen LogP contribution in [0.25, 0.3) is 0 Å². The first-order valence-electron chi connectivity index (χ1n) is 6.47. The van der Waals surface area contributed by atoms with Crippen LogP contribution in [-0.4, -0.2) is 5.11 Å². The molecule has 2 aromatic rings. The largest absolute Gasteiger partial charge is 0.389 e. The molecule has 0 aliphatic heterocycles. The zero-order valence-electron chi connectivity index (χ0n) is 11.4. The summed E-state index contributed by atoms with van der Waals surface area (Å²) in [6, 6.07) is 11.0. The molecule has 0 aliphatic rings. The Labute approximate surface area is 117 Å². The number of benzene rings is 2. The molecule has 4 heteroatoms. The van der Waals surface area contributed by atoms with Crippen molar-refractivity contribution >= 4 is 5.69 Å². The van der Waals surface area contributed by atoms with E-state index in [4.69, 9.17) is 0 Å². The van der Waals surface area contributed by atoms with Gasteiger partial charge in [0, 0.05) is 17.3 Å². The van der Waals surface area contributed by atoms with E-state index < -0.39 is 17.7 Å². The Bertz CT molecular complexity index is 599. The third-order valence-corrected chi connectivity index (χ3v) is 3.23. The molecular formula is C16H17F2NO. The molecule has 2 nitrogen and oxygen atoms in total. The van der Waals surface area contributed by atoms with Crippen LogP contribution < -0.4 is 5.32 Å². The lowest BCUT2D eigenvalue weighted by Crippen LogP contribution is -2.10. The maximum Gasteiger partial charge on any atom is 0.159 e. The maximum absolute atomic E-state index is 13.2. The topological polar surface area (TPSA) is 32.3 Å². The van der Waals surface area contributed by atoms with Crippen LogP contribution in [0.2, 0.25) is 0 Å². The fourth-order valence-corrected chi connectivity index (χ4v) is 2.09. The summed E-state index contributed by atoms with van der Waals surface area (Å²) in [4.78, 5) is 0. The average Bonchev–Trinajstić information content (AvgIpc) is 2.42. The van der Waals surface area contributed by atoms with Crippen LogP contribution in [0.1, 0.15) is 37.1 Å². The molecule has 2 unspecified atom stereocenters. The Morgan fingerprint density at radius 1 is 1.00 bits per heavy atom. The van der Waals surface area contributed by atoms with Crippen molar-refractivity contribution in [3.05, 3.63) is 65.2 Å². The number of aliphatic hydroxyl groups is 1. The standard InChI is InChI=1S/C16H17F2NO/c1-10(12-7-8-14(17)15(18)9-12)19-16-6-4-3-5-13(16)11(2)20/h3-11,19-20H,1-2H3. The monoisotopic (exact) mass is 277 g/mol. The Balaban J connectivity index is 2.23. The van der Waals surface area contributed by atoms with Crippen molar-refractivity contribution < 1.29 is 13.9 Å². The Hall–Kier alpha value is -1.94. The Morgan fingerprint density at radius 3 is 2.35 bits per heavy atom. The van der Waals surface area contributed by atoms with Crippen LogP contribution >= 0.6 is 0 Å². The predicted molar refractivity (Wildman–Crippen MR) is 75.5 cm³/mol. The normalized spacial score (nSPS) is 13.8. The zero-order chi connectivity index (χ0) is 14.7. The van der Waals surface area contributed by atoms with Gasteiger partial charge in [0.25, 0.3) is 0 Å². The van der Waals surface area contributed by atoms with Crippen molar-refractivity contribution in [2.75, 3.05) is 5.32 Å². The van der Waals surface area contributed by atoms with E-state index in [1.54, 1.807) is 13.0 Å². The summed E-state index contributed by atoms with van der Waals surface area (Å²) in [6.45, 7) is 3.54. The van der Waals surface area contributed by atoms with Gasteiger partial charge >= 0.3 is 0 Å². The molecule has 0 radical (unpaired) electrons. The molecule has 0 spiro atoms. The van der Waals surface area contributed by atoms with E-state index in [0.29, 0.717) is 5.56 Å². The highest BCUT2D eigenvalue weighted by Gasteiger charge is 2.12. The second-order valence-electron chi connectivity index (χ2n) is 4.80. The third-order valence-electron chi connectivity index (χ3n) is 3.23. The van der Waals surface area contributed by atoms with Crippen molar-refractivity contribution in [3.63, 3.8) is 0 Å². The molecule has 0 aliphatic carbocycles. The van der Waals surface area contributed by atoms with Gasteiger partial charge in [0.15, 0.2) is 11.6 Å². The lowest BCUT2D eigenvalue weighted by molar-refractivity contribution is 0.200. The molecule has 0 heterocycles. The van der Waals surface area contributed by atoms with E-state index in [0.717, 1.165) is 17.3 Å². The van der Waals surface area contributed by atoms with E-state index >= 15 is 0 Å². The van der Waals surface area contributed by atoms with Gasteiger partial charge in [-0.15, -0.1) is 0 Å². The summed E-state index contributed by atoms with van der Waals surface area (Å²) in [7, 11) is 0. The molecule has 2 aromatic carbocycles. The number of nitrogens with one attached hydrogen (secondary N) is 1.